The molecule has 4 atom stereocenters. The highest BCUT2D eigenvalue weighted by atomic mass is 16.5. The Balaban J connectivity index is 1.44. The van der Waals surface area contributed by atoms with Crippen LogP contribution < -0.4 is 9.47 Å². The molecule has 6 heteroatoms. The van der Waals surface area contributed by atoms with Gasteiger partial charge in [-0.2, -0.15) is 0 Å². The van der Waals surface area contributed by atoms with Gasteiger partial charge in [-0.05, 0) is 72.6 Å². The minimum atomic E-state index is 0.605. The van der Waals surface area contributed by atoms with Crippen LogP contribution in [0.25, 0.3) is 33.8 Å². The highest BCUT2D eigenvalue weighted by molar-refractivity contribution is 5.86. The first-order chi connectivity index (χ1) is 26.1. The number of rotatable bonds is 26. The number of nitrogens with zero attached hydrogens (tertiary/aromatic N) is 4. The maximum Gasteiger partial charge on any atom is 0.163 e. The Hall–Kier alpha value is -3.54. The number of aromatic nitrogens is 4. The lowest BCUT2D eigenvalue weighted by molar-refractivity contribution is 0.237. The van der Waals surface area contributed by atoms with Gasteiger partial charge in [-0.3, -0.25) is 9.97 Å². The van der Waals surface area contributed by atoms with Crippen molar-refractivity contribution in [3.63, 3.8) is 0 Å². The van der Waals surface area contributed by atoms with Crippen molar-refractivity contribution in [3.8, 4) is 34.3 Å². The van der Waals surface area contributed by atoms with Gasteiger partial charge in [-0.15, -0.1) is 0 Å². The molecule has 0 bridgehead atoms. The molecule has 296 valence electrons. The molecule has 3 aromatic heterocycles. The number of pyridine rings is 2. The van der Waals surface area contributed by atoms with Crippen molar-refractivity contribution in [2.24, 2.45) is 35.5 Å². The molecule has 4 rings (SSSR count). The molecule has 1 aromatic carbocycles. The van der Waals surface area contributed by atoms with E-state index < -0.39 is 0 Å². The van der Waals surface area contributed by atoms with Crippen molar-refractivity contribution >= 4 is 11.0 Å². The smallest absolute Gasteiger partial charge is 0.163 e. The van der Waals surface area contributed by atoms with Crippen molar-refractivity contribution in [2.75, 3.05) is 13.2 Å². The summed E-state index contributed by atoms with van der Waals surface area (Å²) in [6.07, 6.45) is 21.4. The van der Waals surface area contributed by atoms with E-state index in [9.17, 15) is 0 Å². The van der Waals surface area contributed by atoms with Gasteiger partial charge in [0.1, 0.15) is 11.4 Å². The number of hydrogen-bond acceptors (Lipinski definition) is 6. The van der Waals surface area contributed by atoms with Crippen molar-refractivity contribution < 1.29 is 9.47 Å². The van der Waals surface area contributed by atoms with Gasteiger partial charge in [0, 0.05) is 24.5 Å². The molecule has 0 N–H and O–H groups in total. The lowest BCUT2D eigenvalue weighted by atomic mass is 9.93. The molecular weight excluding hydrogens is 665 g/mol. The van der Waals surface area contributed by atoms with Crippen molar-refractivity contribution in [3.05, 3.63) is 60.9 Å². The van der Waals surface area contributed by atoms with Crippen LogP contribution in [0.5, 0.6) is 11.5 Å². The van der Waals surface area contributed by atoms with Crippen LogP contribution in [0.4, 0.5) is 0 Å². The number of ether oxygens (including phenoxy) is 2. The van der Waals surface area contributed by atoms with Crippen LogP contribution in [0.15, 0.2) is 60.9 Å². The van der Waals surface area contributed by atoms with E-state index >= 15 is 0 Å². The highest BCUT2D eigenvalue weighted by Gasteiger charge is 2.19. The van der Waals surface area contributed by atoms with Crippen molar-refractivity contribution in [1.82, 2.24) is 19.9 Å². The summed E-state index contributed by atoms with van der Waals surface area (Å²) in [5.74, 6) is 5.92. The Morgan fingerprint density at radius 2 is 0.796 bits per heavy atom. The van der Waals surface area contributed by atoms with Gasteiger partial charge in [-0.25, -0.2) is 9.97 Å². The van der Waals surface area contributed by atoms with Gasteiger partial charge in [0.2, 0.25) is 0 Å². The Labute approximate surface area is 328 Å². The summed E-state index contributed by atoms with van der Waals surface area (Å²) in [6, 6.07) is 15.8. The second-order valence-electron chi connectivity index (χ2n) is 17.3. The van der Waals surface area contributed by atoms with Crippen molar-refractivity contribution in [2.45, 2.75) is 145 Å². The quantitative estimate of drug-likeness (QED) is 0.0639. The number of fused-ring (bicyclic) bond motifs is 1. The van der Waals surface area contributed by atoms with Crippen LogP contribution in [-0.4, -0.2) is 33.1 Å². The van der Waals surface area contributed by atoms with Crippen LogP contribution in [0.1, 0.15) is 145 Å². The fourth-order valence-electron chi connectivity index (χ4n) is 7.35. The summed E-state index contributed by atoms with van der Waals surface area (Å²) in [6.45, 7) is 20.2. The maximum atomic E-state index is 6.55. The Kier molecular flexibility index (Phi) is 18.7. The van der Waals surface area contributed by atoms with Crippen LogP contribution in [0.2, 0.25) is 0 Å². The molecule has 4 unspecified atom stereocenters. The fraction of sp³-hybridized carbons (Fsp3) is 0.625. The van der Waals surface area contributed by atoms with E-state index in [0.29, 0.717) is 36.4 Å². The zero-order valence-electron chi connectivity index (χ0n) is 35.2. The van der Waals surface area contributed by atoms with Crippen LogP contribution in [0.3, 0.4) is 0 Å². The topological polar surface area (TPSA) is 70.0 Å². The van der Waals surface area contributed by atoms with Gasteiger partial charge in [0.15, 0.2) is 11.5 Å². The summed E-state index contributed by atoms with van der Waals surface area (Å²) < 4.78 is 13.1. The van der Waals surface area contributed by atoms with Crippen LogP contribution in [-0.2, 0) is 0 Å². The van der Waals surface area contributed by atoms with Gasteiger partial charge in [0.25, 0.3) is 0 Å². The standard InChI is InChI=1S/C48H72N4O2/c1-35(2)17-13-19-37(5)21-15-23-39(7)27-31-53-45-33-43-44(34-46(45)54-32-28-40(8)24-16-22-38(6)20-14-18-36(3)4)52-48(42-26-10-12-30-50-42)47(51-43)41-25-9-11-29-49-41/h9-12,25-26,29-30,33-40H,13-24,27-28,31-32H2,1-8H3. The second-order valence-corrected chi connectivity index (χ2v) is 17.3. The molecule has 3 heterocycles. The first-order valence-electron chi connectivity index (χ1n) is 21.5. The third-order valence-corrected chi connectivity index (χ3v) is 11.0. The third kappa shape index (κ3) is 15.3. The average molecular weight is 737 g/mol. The molecule has 0 fully saturated rings. The van der Waals surface area contributed by atoms with E-state index in [1.165, 1.54) is 77.0 Å². The molecule has 0 spiro atoms. The van der Waals surface area contributed by atoms with Gasteiger partial charge >= 0.3 is 0 Å². The van der Waals surface area contributed by atoms with E-state index in [0.717, 1.165) is 70.4 Å². The van der Waals surface area contributed by atoms with E-state index in [-0.39, 0.29) is 0 Å². The number of hydrogen-bond donors (Lipinski definition) is 0. The molecule has 0 amide bonds. The molecule has 0 saturated heterocycles. The zero-order valence-corrected chi connectivity index (χ0v) is 35.2. The first-order valence-corrected chi connectivity index (χ1v) is 21.5. The predicted octanol–water partition coefficient (Wildman–Crippen LogP) is 13.8. The summed E-state index contributed by atoms with van der Waals surface area (Å²) in [4.78, 5) is 19.5. The predicted molar refractivity (Wildman–Crippen MR) is 228 cm³/mol. The molecule has 54 heavy (non-hydrogen) atoms. The monoisotopic (exact) mass is 737 g/mol. The largest absolute Gasteiger partial charge is 0.490 e. The molecule has 0 aliphatic carbocycles. The molecule has 0 aliphatic rings. The van der Waals surface area contributed by atoms with E-state index in [4.69, 9.17) is 19.4 Å². The van der Waals surface area contributed by atoms with E-state index in [1.807, 2.05) is 48.5 Å². The molecule has 0 radical (unpaired) electrons. The summed E-state index contributed by atoms with van der Waals surface area (Å²) in [5, 5.41) is 0. The van der Waals surface area contributed by atoms with Crippen molar-refractivity contribution in [1.29, 1.82) is 0 Å². The molecular formula is C48H72N4O2. The molecule has 6 nitrogen and oxygen atoms in total. The normalized spacial score (nSPS) is 14.0. The average Bonchev–Trinajstić information content (AvgIpc) is 3.15. The van der Waals surface area contributed by atoms with Crippen LogP contribution >= 0.6 is 0 Å². The summed E-state index contributed by atoms with van der Waals surface area (Å²) >= 11 is 0. The SMILES string of the molecule is CC(C)CCCC(C)CCCC(C)CCOc1cc2nc(-c3ccccn3)c(-c3ccccn3)nc2cc1OCCC(C)CCCC(C)CCCC(C)C. The Bertz CT molecular complexity index is 1490. The Morgan fingerprint density at radius 3 is 1.13 bits per heavy atom. The molecule has 4 aromatic rings. The van der Waals surface area contributed by atoms with Crippen LogP contribution in [0, 0.1) is 35.5 Å². The minimum absolute atomic E-state index is 0.605. The van der Waals surface area contributed by atoms with Gasteiger partial charge in [0.05, 0.1) is 35.6 Å². The second kappa shape index (κ2) is 23.4. The van der Waals surface area contributed by atoms with Gasteiger partial charge < -0.3 is 9.47 Å². The molecule has 0 aliphatic heterocycles. The maximum absolute atomic E-state index is 6.55. The fourth-order valence-corrected chi connectivity index (χ4v) is 7.35. The highest BCUT2D eigenvalue weighted by Crippen LogP contribution is 2.36. The first kappa shape index (κ1) is 43.2. The minimum Gasteiger partial charge on any atom is -0.490 e. The summed E-state index contributed by atoms with van der Waals surface area (Å²) in [7, 11) is 0. The number of benzene rings is 1. The van der Waals surface area contributed by atoms with E-state index in [2.05, 4.69) is 65.4 Å². The lowest BCUT2D eigenvalue weighted by Crippen LogP contribution is -2.09. The lowest BCUT2D eigenvalue weighted by Gasteiger charge is -2.18. The summed E-state index contributed by atoms with van der Waals surface area (Å²) in [5.41, 5.74) is 4.45. The third-order valence-electron chi connectivity index (χ3n) is 11.0. The molecule has 0 saturated carbocycles. The van der Waals surface area contributed by atoms with E-state index in [1.54, 1.807) is 12.4 Å². The Morgan fingerprint density at radius 1 is 0.444 bits per heavy atom. The zero-order chi connectivity index (χ0) is 38.7. The van der Waals surface area contributed by atoms with Gasteiger partial charge in [-0.1, -0.05) is 145 Å².